The molecule has 1 aliphatic rings. The summed E-state index contributed by atoms with van der Waals surface area (Å²) in [6, 6.07) is 4.33. The van der Waals surface area contributed by atoms with Gasteiger partial charge in [-0.05, 0) is 37.2 Å². The largest absolute Gasteiger partial charge is 0.496 e. The number of rotatable bonds is 4. The Hall–Kier alpha value is -1.35. The van der Waals surface area contributed by atoms with Crippen LogP contribution in [0.3, 0.4) is 0 Å². The molecule has 3 nitrogen and oxygen atoms in total. The van der Waals surface area contributed by atoms with Crippen molar-refractivity contribution in [1.29, 1.82) is 0 Å². The van der Waals surface area contributed by atoms with Gasteiger partial charge in [-0.25, -0.2) is 0 Å². The zero-order valence-electron chi connectivity index (χ0n) is 9.86. The first-order valence-corrected chi connectivity index (χ1v) is 5.80. The fourth-order valence-electron chi connectivity index (χ4n) is 1.97. The second-order valence-electron chi connectivity index (χ2n) is 3.96. The summed E-state index contributed by atoms with van der Waals surface area (Å²) >= 11 is 0. The molecule has 16 heavy (non-hydrogen) atoms. The van der Waals surface area contributed by atoms with Crippen LogP contribution in [0.25, 0.3) is 0 Å². The van der Waals surface area contributed by atoms with E-state index in [1.165, 1.54) is 5.56 Å². The van der Waals surface area contributed by atoms with E-state index in [-0.39, 0.29) is 6.04 Å². The van der Waals surface area contributed by atoms with E-state index in [9.17, 15) is 0 Å². The van der Waals surface area contributed by atoms with Crippen LogP contribution in [0.5, 0.6) is 0 Å². The number of aromatic nitrogens is 1. The van der Waals surface area contributed by atoms with E-state index in [4.69, 9.17) is 4.74 Å². The molecule has 0 aromatic carbocycles. The molecule has 1 aromatic heterocycles. The number of likely N-dealkylation sites (N-methyl/N-ethyl adjacent to an activating group) is 1. The molecule has 0 bridgehead atoms. The molecule has 1 N–H and O–H groups in total. The second-order valence-corrected chi connectivity index (χ2v) is 3.96. The lowest BCUT2D eigenvalue weighted by Crippen LogP contribution is -2.23. The first-order valence-electron chi connectivity index (χ1n) is 5.80. The van der Waals surface area contributed by atoms with Crippen LogP contribution < -0.4 is 5.32 Å². The average Bonchev–Trinajstić information content (AvgIpc) is 2.79. The number of hydrogen-bond acceptors (Lipinski definition) is 3. The van der Waals surface area contributed by atoms with Crippen LogP contribution in [-0.4, -0.2) is 18.1 Å². The van der Waals surface area contributed by atoms with Crippen molar-refractivity contribution < 1.29 is 4.74 Å². The van der Waals surface area contributed by atoms with Crippen LogP contribution in [0.4, 0.5) is 0 Å². The quantitative estimate of drug-likeness (QED) is 0.842. The van der Waals surface area contributed by atoms with Crippen molar-refractivity contribution in [2.45, 2.75) is 26.3 Å². The zero-order chi connectivity index (χ0) is 11.4. The van der Waals surface area contributed by atoms with E-state index >= 15 is 0 Å². The van der Waals surface area contributed by atoms with Crippen molar-refractivity contribution in [3.8, 4) is 0 Å². The van der Waals surface area contributed by atoms with E-state index in [1.807, 2.05) is 19.2 Å². The predicted octanol–water partition coefficient (Wildman–Crippen LogP) is 2.34. The topological polar surface area (TPSA) is 34.1 Å². The van der Waals surface area contributed by atoms with Crippen LogP contribution in [0.2, 0.25) is 0 Å². The van der Waals surface area contributed by atoms with Crippen LogP contribution in [0.1, 0.15) is 30.6 Å². The zero-order valence-corrected chi connectivity index (χ0v) is 9.86. The normalized spacial score (nSPS) is 16.8. The van der Waals surface area contributed by atoms with Crippen LogP contribution in [-0.2, 0) is 4.74 Å². The smallest absolute Gasteiger partial charge is 0.114 e. The van der Waals surface area contributed by atoms with Crippen molar-refractivity contribution in [2.75, 3.05) is 13.2 Å². The number of aryl methyl sites for hydroxylation is 1. The molecule has 86 valence electrons. The molecule has 0 spiro atoms. The maximum Gasteiger partial charge on any atom is 0.114 e. The van der Waals surface area contributed by atoms with Crippen molar-refractivity contribution in [1.82, 2.24) is 10.3 Å². The Bertz CT molecular complexity index is 387. The lowest BCUT2D eigenvalue weighted by Gasteiger charge is -2.19. The average molecular weight is 218 g/mol. The molecule has 0 amide bonds. The molecule has 0 aliphatic carbocycles. The Kier molecular flexibility index (Phi) is 3.57. The molecule has 0 saturated heterocycles. The summed E-state index contributed by atoms with van der Waals surface area (Å²) in [6.07, 6.45) is 5.04. The van der Waals surface area contributed by atoms with Gasteiger partial charge in [0.1, 0.15) is 5.76 Å². The lowest BCUT2D eigenvalue weighted by atomic mass is 10.1. The van der Waals surface area contributed by atoms with Crippen LogP contribution in [0, 0.1) is 6.92 Å². The fraction of sp³-hybridized carbons (Fsp3) is 0.462. The third kappa shape index (κ3) is 2.42. The van der Waals surface area contributed by atoms with Crippen molar-refractivity contribution >= 4 is 0 Å². The standard InChI is InChI=1S/C13H18N2O/c1-3-14-13(12-5-4-8-16-12)11-6-7-15-10(2)9-11/h5-7,9,13-14H,3-4,8H2,1-2H3. The summed E-state index contributed by atoms with van der Waals surface area (Å²) in [6.45, 7) is 5.85. The molecule has 1 unspecified atom stereocenters. The highest BCUT2D eigenvalue weighted by Crippen LogP contribution is 2.26. The Balaban J connectivity index is 2.24. The molecule has 0 saturated carbocycles. The highest BCUT2D eigenvalue weighted by molar-refractivity contribution is 5.27. The maximum atomic E-state index is 5.64. The van der Waals surface area contributed by atoms with E-state index in [0.29, 0.717) is 0 Å². The number of hydrogen-bond donors (Lipinski definition) is 1. The summed E-state index contributed by atoms with van der Waals surface area (Å²) in [5.74, 6) is 1.05. The van der Waals surface area contributed by atoms with Crippen LogP contribution >= 0.6 is 0 Å². The summed E-state index contributed by atoms with van der Waals surface area (Å²) in [7, 11) is 0. The predicted molar refractivity (Wildman–Crippen MR) is 64.0 cm³/mol. The number of nitrogens with zero attached hydrogens (tertiary/aromatic N) is 1. The molecule has 0 fully saturated rings. The second kappa shape index (κ2) is 5.12. The number of nitrogens with one attached hydrogen (secondary N) is 1. The fourth-order valence-corrected chi connectivity index (χ4v) is 1.97. The van der Waals surface area contributed by atoms with E-state index in [2.05, 4.69) is 29.4 Å². The first-order chi connectivity index (χ1) is 7.81. The Morgan fingerprint density at radius 3 is 3.06 bits per heavy atom. The van der Waals surface area contributed by atoms with Crippen molar-refractivity contribution in [3.63, 3.8) is 0 Å². The number of ether oxygens (including phenoxy) is 1. The van der Waals surface area contributed by atoms with Gasteiger partial charge in [0.2, 0.25) is 0 Å². The minimum Gasteiger partial charge on any atom is -0.496 e. The van der Waals surface area contributed by atoms with Gasteiger partial charge in [0.25, 0.3) is 0 Å². The van der Waals surface area contributed by atoms with Gasteiger partial charge in [-0.1, -0.05) is 6.92 Å². The third-order valence-electron chi connectivity index (χ3n) is 2.68. The molecular weight excluding hydrogens is 200 g/mol. The lowest BCUT2D eigenvalue weighted by molar-refractivity contribution is 0.216. The molecule has 2 rings (SSSR count). The van der Waals surface area contributed by atoms with Gasteiger partial charge in [0.15, 0.2) is 0 Å². The Morgan fingerprint density at radius 1 is 1.56 bits per heavy atom. The van der Waals surface area contributed by atoms with Crippen LogP contribution in [0.15, 0.2) is 30.2 Å². The molecule has 1 aromatic rings. The molecule has 1 aliphatic heterocycles. The Morgan fingerprint density at radius 2 is 2.44 bits per heavy atom. The summed E-state index contributed by atoms with van der Waals surface area (Å²) in [4.78, 5) is 4.22. The van der Waals surface area contributed by atoms with Gasteiger partial charge in [0.05, 0.1) is 12.6 Å². The first kappa shape index (κ1) is 11.1. The van der Waals surface area contributed by atoms with Gasteiger partial charge in [-0.3, -0.25) is 4.98 Å². The minimum atomic E-state index is 0.175. The van der Waals surface area contributed by atoms with E-state index < -0.39 is 0 Å². The Labute approximate surface area is 96.5 Å². The highest BCUT2D eigenvalue weighted by atomic mass is 16.5. The SMILES string of the molecule is CCNC(C1=CCCO1)c1ccnc(C)c1. The van der Waals surface area contributed by atoms with E-state index in [0.717, 1.165) is 31.0 Å². The number of pyridine rings is 1. The summed E-state index contributed by atoms with van der Waals surface area (Å²) in [5, 5.41) is 3.45. The van der Waals surface area contributed by atoms with Gasteiger partial charge in [-0.15, -0.1) is 0 Å². The molecule has 2 heterocycles. The summed E-state index contributed by atoms with van der Waals surface area (Å²) in [5.41, 5.74) is 2.27. The molecular formula is C13H18N2O. The monoisotopic (exact) mass is 218 g/mol. The minimum absolute atomic E-state index is 0.175. The highest BCUT2D eigenvalue weighted by Gasteiger charge is 2.19. The maximum absolute atomic E-state index is 5.64. The van der Waals surface area contributed by atoms with Gasteiger partial charge >= 0.3 is 0 Å². The molecule has 1 atom stereocenters. The van der Waals surface area contributed by atoms with Gasteiger partial charge in [0, 0.05) is 18.3 Å². The van der Waals surface area contributed by atoms with Crippen molar-refractivity contribution in [2.24, 2.45) is 0 Å². The molecule has 0 radical (unpaired) electrons. The third-order valence-corrected chi connectivity index (χ3v) is 2.68. The van der Waals surface area contributed by atoms with Gasteiger partial charge in [-0.2, -0.15) is 0 Å². The van der Waals surface area contributed by atoms with E-state index in [1.54, 1.807) is 0 Å². The molecule has 3 heteroatoms. The van der Waals surface area contributed by atoms with Gasteiger partial charge < -0.3 is 10.1 Å². The van der Waals surface area contributed by atoms with Crippen molar-refractivity contribution in [3.05, 3.63) is 41.4 Å². The summed E-state index contributed by atoms with van der Waals surface area (Å²) < 4.78 is 5.64.